The van der Waals surface area contributed by atoms with E-state index in [1.165, 1.54) is 0 Å². The molecule has 0 aliphatic carbocycles. The molecule has 0 aromatic heterocycles. The smallest absolute Gasteiger partial charge is 0.236 e. The van der Waals surface area contributed by atoms with Crippen LogP contribution in [0.15, 0.2) is 0 Å². The maximum absolute atomic E-state index is 11.5. The summed E-state index contributed by atoms with van der Waals surface area (Å²) in [5, 5.41) is 6.13. The van der Waals surface area contributed by atoms with Gasteiger partial charge in [0.15, 0.2) is 0 Å². The van der Waals surface area contributed by atoms with Crippen molar-refractivity contribution in [1.29, 1.82) is 0 Å². The van der Waals surface area contributed by atoms with Gasteiger partial charge >= 0.3 is 0 Å². The molecule has 0 bridgehead atoms. The Kier molecular flexibility index (Phi) is 12.3. The molecule has 6 heteroatoms. The zero-order valence-corrected chi connectivity index (χ0v) is 11.3. The summed E-state index contributed by atoms with van der Waals surface area (Å²) in [5.41, 5.74) is 16.5. The molecule has 6 nitrogen and oxygen atoms in total. The lowest BCUT2D eigenvalue weighted by Gasteiger charge is -2.11. The summed E-state index contributed by atoms with van der Waals surface area (Å²) in [6.07, 6.45) is 4.52. The minimum absolute atomic E-state index is 0.0772. The molecule has 0 aromatic carbocycles. The molecule has 18 heavy (non-hydrogen) atoms. The van der Waals surface area contributed by atoms with Crippen molar-refractivity contribution in [2.24, 2.45) is 17.2 Å². The molecule has 0 aliphatic heterocycles. The standard InChI is InChI=1S/C12H29N5O/c13-6-1-2-8-16-9-4-10-17-12(18)11(15)5-3-7-14/h11,16H,1-10,13-15H2,(H,17,18)/t11-/m0/s1. The van der Waals surface area contributed by atoms with Crippen LogP contribution in [0.5, 0.6) is 0 Å². The molecule has 0 fully saturated rings. The van der Waals surface area contributed by atoms with Gasteiger partial charge in [0.1, 0.15) is 0 Å². The summed E-state index contributed by atoms with van der Waals surface area (Å²) < 4.78 is 0. The Bertz CT molecular complexity index is 201. The first-order valence-corrected chi connectivity index (χ1v) is 6.86. The van der Waals surface area contributed by atoms with Crippen molar-refractivity contribution >= 4 is 5.91 Å². The van der Waals surface area contributed by atoms with Gasteiger partial charge in [-0.2, -0.15) is 0 Å². The van der Waals surface area contributed by atoms with Crippen LogP contribution in [0.1, 0.15) is 32.1 Å². The third kappa shape index (κ3) is 10.5. The SMILES string of the molecule is NCCCCNCCCNC(=O)[C@@H](N)CCCN. The largest absolute Gasteiger partial charge is 0.355 e. The number of hydrogen-bond donors (Lipinski definition) is 5. The lowest BCUT2D eigenvalue weighted by molar-refractivity contribution is -0.122. The second-order valence-corrected chi connectivity index (χ2v) is 4.43. The Morgan fingerprint density at radius 3 is 2.28 bits per heavy atom. The van der Waals surface area contributed by atoms with Crippen LogP contribution in [0.25, 0.3) is 0 Å². The van der Waals surface area contributed by atoms with E-state index in [4.69, 9.17) is 17.2 Å². The van der Waals surface area contributed by atoms with Gasteiger partial charge < -0.3 is 27.8 Å². The number of hydrogen-bond acceptors (Lipinski definition) is 5. The minimum atomic E-state index is -0.425. The molecule has 0 unspecified atom stereocenters. The molecule has 0 aliphatic rings. The number of unbranched alkanes of at least 4 members (excludes halogenated alkanes) is 1. The van der Waals surface area contributed by atoms with Crippen LogP contribution in [0.4, 0.5) is 0 Å². The Morgan fingerprint density at radius 2 is 1.61 bits per heavy atom. The van der Waals surface area contributed by atoms with Crippen molar-refractivity contribution in [3.63, 3.8) is 0 Å². The van der Waals surface area contributed by atoms with Gasteiger partial charge in [-0.3, -0.25) is 4.79 Å². The third-order valence-corrected chi connectivity index (χ3v) is 2.69. The van der Waals surface area contributed by atoms with Crippen molar-refractivity contribution in [3.05, 3.63) is 0 Å². The highest BCUT2D eigenvalue weighted by molar-refractivity contribution is 5.81. The van der Waals surface area contributed by atoms with Gasteiger partial charge in [0.2, 0.25) is 5.91 Å². The Balaban J connectivity index is 3.29. The first-order chi connectivity index (χ1) is 8.72. The van der Waals surface area contributed by atoms with Crippen molar-refractivity contribution in [2.75, 3.05) is 32.7 Å². The number of nitrogens with one attached hydrogen (secondary N) is 2. The molecule has 1 atom stereocenters. The average Bonchev–Trinajstić information content (AvgIpc) is 2.38. The lowest BCUT2D eigenvalue weighted by atomic mass is 10.1. The second-order valence-electron chi connectivity index (χ2n) is 4.43. The fraction of sp³-hybridized carbons (Fsp3) is 0.917. The Hall–Kier alpha value is -0.690. The number of nitrogens with two attached hydrogens (primary N) is 3. The number of amides is 1. The quantitative estimate of drug-likeness (QED) is 0.285. The van der Waals surface area contributed by atoms with E-state index in [-0.39, 0.29) is 5.91 Å². The van der Waals surface area contributed by atoms with E-state index < -0.39 is 6.04 Å². The van der Waals surface area contributed by atoms with Crippen LogP contribution in [0.2, 0.25) is 0 Å². The fourth-order valence-corrected chi connectivity index (χ4v) is 1.54. The van der Waals surface area contributed by atoms with Crippen molar-refractivity contribution in [1.82, 2.24) is 10.6 Å². The molecule has 0 radical (unpaired) electrons. The highest BCUT2D eigenvalue weighted by atomic mass is 16.2. The summed E-state index contributed by atoms with van der Waals surface area (Å²) in [6.45, 7) is 3.88. The van der Waals surface area contributed by atoms with Gasteiger partial charge in [-0.25, -0.2) is 0 Å². The zero-order valence-electron chi connectivity index (χ0n) is 11.3. The molecule has 0 saturated carbocycles. The van der Waals surface area contributed by atoms with Crippen LogP contribution in [-0.2, 0) is 4.79 Å². The average molecular weight is 259 g/mol. The molecule has 0 rings (SSSR count). The number of carbonyl (C=O) groups excluding carboxylic acids is 1. The zero-order chi connectivity index (χ0) is 13.6. The first-order valence-electron chi connectivity index (χ1n) is 6.86. The second kappa shape index (κ2) is 12.8. The topological polar surface area (TPSA) is 119 Å². The summed E-state index contributed by atoms with van der Waals surface area (Å²) in [6, 6.07) is -0.425. The molecule has 1 amide bonds. The maximum atomic E-state index is 11.5. The van der Waals surface area contributed by atoms with Gasteiger partial charge in [0, 0.05) is 6.54 Å². The van der Waals surface area contributed by atoms with E-state index in [1.54, 1.807) is 0 Å². The summed E-state index contributed by atoms with van der Waals surface area (Å²) in [7, 11) is 0. The van der Waals surface area contributed by atoms with Crippen LogP contribution in [0.3, 0.4) is 0 Å². The van der Waals surface area contributed by atoms with Gasteiger partial charge in [-0.05, 0) is 58.3 Å². The predicted molar refractivity (Wildman–Crippen MR) is 75.0 cm³/mol. The molecule has 0 aromatic rings. The van der Waals surface area contributed by atoms with E-state index in [0.29, 0.717) is 19.5 Å². The Morgan fingerprint density at radius 1 is 0.944 bits per heavy atom. The summed E-state index contributed by atoms with van der Waals surface area (Å²) >= 11 is 0. The van der Waals surface area contributed by atoms with E-state index in [0.717, 1.165) is 45.3 Å². The van der Waals surface area contributed by atoms with Gasteiger partial charge in [-0.15, -0.1) is 0 Å². The maximum Gasteiger partial charge on any atom is 0.236 e. The van der Waals surface area contributed by atoms with Crippen LogP contribution >= 0.6 is 0 Å². The van der Waals surface area contributed by atoms with Crippen LogP contribution in [-0.4, -0.2) is 44.7 Å². The van der Waals surface area contributed by atoms with Crippen molar-refractivity contribution < 1.29 is 4.79 Å². The van der Waals surface area contributed by atoms with Gasteiger partial charge in [0.05, 0.1) is 6.04 Å². The van der Waals surface area contributed by atoms with Crippen LogP contribution < -0.4 is 27.8 Å². The molecular formula is C12H29N5O. The first kappa shape index (κ1) is 17.3. The van der Waals surface area contributed by atoms with E-state index in [9.17, 15) is 4.79 Å². The summed E-state index contributed by atoms with van der Waals surface area (Å²) in [4.78, 5) is 11.5. The molecule has 8 N–H and O–H groups in total. The molecular weight excluding hydrogens is 230 g/mol. The molecule has 0 saturated heterocycles. The Labute approximate surface area is 110 Å². The predicted octanol–water partition coefficient (Wildman–Crippen LogP) is -1.11. The van der Waals surface area contributed by atoms with E-state index in [1.807, 2.05) is 0 Å². The fourth-order valence-electron chi connectivity index (χ4n) is 1.54. The van der Waals surface area contributed by atoms with Crippen molar-refractivity contribution in [2.45, 2.75) is 38.1 Å². The molecule has 0 spiro atoms. The molecule has 108 valence electrons. The number of rotatable bonds is 12. The normalized spacial score (nSPS) is 12.4. The molecule has 0 heterocycles. The highest BCUT2D eigenvalue weighted by Crippen LogP contribution is 1.92. The number of carbonyl (C=O) groups is 1. The highest BCUT2D eigenvalue weighted by Gasteiger charge is 2.11. The monoisotopic (exact) mass is 259 g/mol. The van der Waals surface area contributed by atoms with Crippen LogP contribution in [0, 0.1) is 0 Å². The lowest BCUT2D eigenvalue weighted by Crippen LogP contribution is -2.41. The summed E-state index contributed by atoms with van der Waals surface area (Å²) in [5.74, 6) is -0.0772. The van der Waals surface area contributed by atoms with Crippen molar-refractivity contribution in [3.8, 4) is 0 Å². The van der Waals surface area contributed by atoms with E-state index >= 15 is 0 Å². The van der Waals surface area contributed by atoms with Gasteiger partial charge in [-0.1, -0.05) is 0 Å². The van der Waals surface area contributed by atoms with E-state index in [2.05, 4.69) is 10.6 Å². The third-order valence-electron chi connectivity index (χ3n) is 2.69. The minimum Gasteiger partial charge on any atom is -0.355 e. The van der Waals surface area contributed by atoms with Gasteiger partial charge in [0.25, 0.3) is 0 Å².